The van der Waals surface area contributed by atoms with Crippen molar-refractivity contribution in [3.63, 3.8) is 0 Å². The van der Waals surface area contributed by atoms with Gasteiger partial charge >= 0.3 is 0 Å². The van der Waals surface area contributed by atoms with E-state index in [1.807, 2.05) is 6.07 Å². The molecule has 0 spiro atoms. The van der Waals surface area contributed by atoms with Gasteiger partial charge in [-0.1, -0.05) is 0 Å². The standard InChI is InChI=1S/C14H9F2N3/c15-11-5-10(6-12(16)7-11)14(18)13(8-17)9-1-3-19-4-2-9/h1-7H,18H2/b14-13-. The van der Waals surface area contributed by atoms with Crippen molar-refractivity contribution in [2.45, 2.75) is 0 Å². The second kappa shape index (κ2) is 5.27. The number of nitrogens with zero attached hydrogens (tertiary/aromatic N) is 2. The molecule has 0 aliphatic carbocycles. The van der Waals surface area contributed by atoms with Gasteiger partial charge in [-0.2, -0.15) is 5.26 Å². The van der Waals surface area contributed by atoms with Gasteiger partial charge in [-0.05, 0) is 29.8 Å². The molecule has 94 valence electrons. The molecule has 3 nitrogen and oxygen atoms in total. The normalized spacial score (nSPS) is 11.6. The van der Waals surface area contributed by atoms with Crippen molar-refractivity contribution in [3.05, 3.63) is 65.5 Å². The number of hydrogen-bond donors (Lipinski definition) is 1. The summed E-state index contributed by atoms with van der Waals surface area (Å²) < 4.78 is 26.3. The van der Waals surface area contributed by atoms with E-state index in [9.17, 15) is 8.78 Å². The van der Waals surface area contributed by atoms with Crippen LogP contribution in [0.1, 0.15) is 11.1 Å². The number of allylic oxidation sites excluding steroid dienone is 1. The van der Waals surface area contributed by atoms with Gasteiger partial charge in [0, 0.05) is 24.0 Å². The van der Waals surface area contributed by atoms with Crippen molar-refractivity contribution in [1.82, 2.24) is 4.98 Å². The molecule has 0 aliphatic rings. The minimum Gasteiger partial charge on any atom is -0.397 e. The van der Waals surface area contributed by atoms with Crippen molar-refractivity contribution in [3.8, 4) is 6.07 Å². The van der Waals surface area contributed by atoms with Crippen molar-refractivity contribution in [1.29, 1.82) is 5.26 Å². The summed E-state index contributed by atoms with van der Waals surface area (Å²) in [7, 11) is 0. The highest BCUT2D eigenvalue weighted by atomic mass is 19.1. The van der Waals surface area contributed by atoms with Crippen molar-refractivity contribution in [2.24, 2.45) is 5.73 Å². The molecule has 1 heterocycles. The predicted octanol–water partition coefficient (Wildman–Crippen LogP) is 2.71. The molecule has 0 saturated carbocycles. The molecule has 0 bridgehead atoms. The Balaban J connectivity index is 2.59. The molecule has 0 saturated heterocycles. The van der Waals surface area contributed by atoms with Crippen molar-refractivity contribution >= 4 is 11.3 Å². The number of nitriles is 1. The van der Waals surface area contributed by atoms with Gasteiger partial charge in [0.15, 0.2) is 0 Å². The number of rotatable bonds is 2. The van der Waals surface area contributed by atoms with Gasteiger partial charge in [0.25, 0.3) is 0 Å². The summed E-state index contributed by atoms with van der Waals surface area (Å²) in [5.74, 6) is -1.49. The van der Waals surface area contributed by atoms with Crippen LogP contribution >= 0.6 is 0 Å². The smallest absolute Gasteiger partial charge is 0.126 e. The van der Waals surface area contributed by atoms with Crippen LogP contribution in [0.2, 0.25) is 0 Å². The van der Waals surface area contributed by atoms with E-state index in [0.29, 0.717) is 5.56 Å². The lowest BCUT2D eigenvalue weighted by molar-refractivity contribution is 0.582. The summed E-state index contributed by atoms with van der Waals surface area (Å²) in [4.78, 5) is 3.83. The molecule has 0 atom stereocenters. The minimum atomic E-state index is -0.745. The van der Waals surface area contributed by atoms with E-state index in [2.05, 4.69) is 4.98 Å². The van der Waals surface area contributed by atoms with Crippen LogP contribution in [0.25, 0.3) is 11.3 Å². The summed E-state index contributed by atoms with van der Waals surface area (Å²) in [6.07, 6.45) is 3.01. The molecule has 1 aromatic carbocycles. The first kappa shape index (κ1) is 12.7. The topological polar surface area (TPSA) is 62.7 Å². The highest BCUT2D eigenvalue weighted by Gasteiger charge is 2.10. The molecule has 0 amide bonds. The highest BCUT2D eigenvalue weighted by molar-refractivity contribution is 5.95. The highest BCUT2D eigenvalue weighted by Crippen LogP contribution is 2.22. The number of pyridine rings is 1. The number of aromatic nitrogens is 1. The summed E-state index contributed by atoms with van der Waals surface area (Å²) in [6.45, 7) is 0. The van der Waals surface area contributed by atoms with E-state index < -0.39 is 11.6 Å². The first-order valence-corrected chi connectivity index (χ1v) is 5.38. The van der Waals surface area contributed by atoms with E-state index in [1.54, 1.807) is 12.1 Å². The third-order valence-corrected chi connectivity index (χ3v) is 2.52. The zero-order chi connectivity index (χ0) is 13.8. The van der Waals surface area contributed by atoms with Crippen molar-refractivity contribution < 1.29 is 8.78 Å². The van der Waals surface area contributed by atoms with Gasteiger partial charge in [-0.15, -0.1) is 0 Å². The molecule has 0 fully saturated rings. The van der Waals surface area contributed by atoms with Gasteiger partial charge in [0.1, 0.15) is 17.7 Å². The van der Waals surface area contributed by atoms with Crippen LogP contribution in [0.5, 0.6) is 0 Å². The molecule has 2 aromatic rings. The van der Waals surface area contributed by atoms with Gasteiger partial charge in [0.05, 0.1) is 11.3 Å². The fourth-order valence-electron chi connectivity index (χ4n) is 1.65. The Morgan fingerprint density at radius 3 is 2.16 bits per heavy atom. The lowest BCUT2D eigenvalue weighted by Crippen LogP contribution is -2.02. The Labute approximate surface area is 108 Å². The van der Waals surface area contributed by atoms with E-state index in [4.69, 9.17) is 11.0 Å². The maximum absolute atomic E-state index is 13.1. The Bertz CT molecular complexity index is 653. The van der Waals surface area contributed by atoms with Gasteiger partial charge in [-0.3, -0.25) is 4.98 Å². The largest absolute Gasteiger partial charge is 0.397 e. The van der Waals surface area contributed by atoms with Gasteiger partial charge in [0.2, 0.25) is 0 Å². The van der Waals surface area contributed by atoms with Crippen molar-refractivity contribution in [2.75, 3.05) is 0 Å². The zero-order valence-electron chi connectivity index (χ0n) is 9.77. The van der Waals surface area contributed by atoms with Crippen LogP contribution in [0.4, 0.5) is 8.78 Å². The molecular formula is C14H9F2N3. The summed E-state index contributed by atoms with van der Waals surface area (Å²) >= 11 is 0. The molecule has 1 aromatic heterocycles. The average Bonchev–Trinajstić information content (AvgIpc) is 2.39. The maximum atomic E-state index is 13.1. The number of nitrogens with two attached hydrogens (primary N) is 1. The fourth-order valence-corrected chi connectivity index (χ4v) is 1.65. The third kappa shape index (κ3) is 2.75. The van der Waals surface area contributed by atoms with E-state index in [0.717, 1.165) is 18.2 Å². The summed E-state index contributed by atoms with van der Waals surface area (Å²) in [6, 6.07) is 8.04. The fraction of sp³-hybridized carbons (Fsp3) is 0. The number of benzene rings is 1. The monoisotopic (exact) mass is 257 g/mol. The second-order valence-electron chi connectivity index (χ2n) is 3.79. The van der Waals surface area contributed by atoms with E-state index >= 15 is 0 Å². The van der Waals surface area contributed by atoms with Gasteiger partial charge < -0.3 is 5.73 Å². The van der Waals surface area contributed by atoms with Crippen LogP contribution in [-0.4, -0.2) is 4.98 Å². The molecule has 0 aliphatic heterocycles. The van der Waals surface area contributed by atoms with E-state index in [1.165, 1.54) is 12.4 Å². The summed E-state index contributed by atoms with van der Waals surface area (Å²) in [5.41, 5.74) is 6.66. The summed E-state index contributed by atoms with van der Waals surface area (Å²) in [5, 5.41) is 9.15. The van der Waals surface area contributed by atoms with Crippen LogP contribution in [0.15, 0.2) is 42.7 Å². The molecule has 2 N–H and O–H groups in total. The predicted molar refractivity (Wildman–Crippen MR) is 67.2 cm³/mol. The Kier molecular flexibility index (Phi) is 3.53. The van der Waals surface area contributed by atoms with Crippen LogP contribution in [0, 0.1) is 23.0 Å². The van der Waals surface area contributed by atoms with Crippen LogP contribution in [0.3, 0.4) is 0 Å². The molecule has 19 heavy (non-hydrogen) atoms. The lowest BCUT2D eigenvalue weighted by atomic mass is 10.0. The number of halogens is 2. The first-order chi connectivity index (χ1) is 9.11. The average molecular weight is 257 g/mol. The minimum absolute atomic E-state index is 0.0205. The molecule has 5 heteroatoms. The quantitative estimate of drug-likeness (QED) is 0.841. The molecule has 2 rings (SSSR count). The maximum Gasteiger partial charge on any atom is 0.126 e. The first-order valence-electron chi connectivity index (χ1n) is 5.38. The lowest BCUT2D eigenvalue weighted by Gasteiger charge is -2.06. The Hall–Kier alpha value is -2.74. The Morgan fingerprint density at radius 1 is 1.05 bits per heavy atom. The second-order valence-corrected chi connectivity index (χ2v) is 3.79. The Morgan fingerprint density at radius 2 is 1.63 bits per heavy atom. The van der Waals surface area contributed by atoms with Crippen LogP contribution < -0.4 is 5.73 Å². The third-order valence-electron chi connectivity index (χ3n) is 2.52. The van der Waals surface area contributed by atoms with Gasteiger partial charge in [-0.25, -0.2) is 8.78 Å². The number of hydrogen-bond acceptors (Lipinski definition) is 3. The SMILES string of the molecule is N#C/C(=C(/N)c1cc(F)cc(F)c1)c1ccncc1. The molecule has 0 unspecified atom stereocenters. The zero-order valence-corrected chi connectivity index (χ0v) is 9.77. The van der Waals surface area contributed by atoms with Crippen LogP contribution in [-0.2, 0) is 0 Å². The molecule has 0 radical (unpaired) electrons. The molecular weight excluding hydrogens is 248 g/mol. The van der Waals surface area contributed by atoms with E-state index in [-0.39, 0.29) is 16.8 Å².